The van der Waals surface area contributed by atoms with E-state index in [9.17, 15) is 9.59 Å². The number of para-hydroxylation sites is 1. The number of amides is 1. The highest BCUT2D eigenvalue weighted by Crippen LogP contribution is 2.28. The fourth-order valence-electron chi connectivity index (χ4n) is 3.74. The van der Waals surface area contributed by atoms with Gasteiger partial charge in [-0.1, -0.05) is 36.7 Å². The van der Waals surface area contributed by atoms with Gasteiger partial charge in [0.2, 0.25) is 5.91 Å². The van der Waals surface area contributed by atoms with Crippen molar-refractivity contribution in [3.05, 3.63) is 75.2 Å². The molecule has 4 rings (SSSR count). The maximum atomic E-state index is 13.3. The van der Waals surface area contributed by atoms with E-state index >= 15 is 0 Å². The quantitative estimate of drug-likeness (QED) is 0.540. The van der Waals surface area contributed by atoms with Crippen LogP contribution >= 0.6 is 11.6 Å². The van der Waals surface area contributed by atoms with Crippen molar-refractivity contribution in [2.75, 3.05) is 5.32 Å². The van der Waals surface area contributed by atoms with Gasteiger partial charge in [-0.05, 0) is 50.1 Å². The first kappa shape index (κ1) is 19.2. The first-order valence-corrected chi connectivity index (χ1v) is 9.85. The Bertz CT molecular complexity index is 1310. The zero-order valence-corrected chi connectivity index (χ0v) is 17.2. The molecule has 0 saturated heterocycles. The van der Waals surface area contributed by atoms with E-state index in [4.69, 9.17) is 11.6 Å². The molecule has 7 heteroatoms. The van der Waals surface area contributed by atoms with Gasteiger partial charge in [0.05, 0.1) is 5.52 Å². The zero-order valence-electron chi connectivity index (χ0n) is 16.4. The van der Waals surface area contributed by atoms with Crippen molar-refractivity contribution in [1.82, 2.24) is 14.2 Å². The van der Waals surface area contributed by atoms with Crippen LogP contribution in [0.3, 0.4) is 0 Å². The van der Waals surface area contributed by atoms with Crippen molar-refractivity contribution in [2.24, 2.45) is 0 Å². The summed E-state index contributed by atoms with van der Waals surface area (Å²) in [7, 11) is 0. The lowest BCUT2D eigenvalue weighted by Gasteiger charge is -2.21. The molecule has 0 aliphatic heterocycles. The summed E-state index contributed by atoms with van der Waals surface area (Å²) in [5.74, 6) is -0.154. The van der Waals surface area contributed by atoms with Crippen LogP contribution in [0.4, 0.5) is 5.69 Å². The molecule has 0 spiro atoms. The van der Waals surface area contributed by atoms with Crippen LogP contribution in [0.5, 0.6) is 0 Å². The minimum absolute atomic E-state index is 0.154. The van der Waals surface area contributed by atoms with E-state index in [0.29, 0.717) is 22.8 Å². The number of benzene rings is 2. The Morgan fingerprint density at radius 1 is 1.17 bits per heavy atom. The molecule has 1 amide bonds. The number of anilines is 1. The van der Waals surface area contributed by atoms with Crippen molar-refractivity contribution in [3.63, 3.8) is 0 Å². The lowest BCUT2D eigenvalue weighted by atomic mass is 10.1. The highest BCUT2D eigenvalue weighted by atomic mass is 35.5. The number of hydrogen-bond donors (Lipinski definition) is 1. The van der Waals surface area contributed by atoms with Crippen molar-refractivity contribution in [1.29, 1.82) is 0 Å². The van der Waals surface area contributed by atoms with Crippen LogP contribution in [0.2, 0.25) is 5.02 Å². The Balaban J connectivity index is 1.90. The third kappa shape index (κ3) is 3.19. The van der Waals surface area contributed by atoms with Gasteiger partial charge in [0.15, 0.2) is 5.65 Å². The van der Waals surface area contributed by atoms with Crippen LogP contribution in [0.15, 0.2) is 53.3 Å². The molecule has 0 bridgehead atoms. The molecule has 0 unspecified atom stereocenters. The summed E-state index contributed by atoms with van der Waals surface area (Å²) in [4.78, 5) is 29.5. The SMILES string of the molecule is CC[C@@H](C(=O)Nc1cccc(Cl)c1C)n1c2ccccc2c2nc(=O)cc(C)n21. The summed E-state index contributed by atoms with van der Waals surface area (Å²) >= 11 is 6.20. The standard InChI is InChI=1S/C22H21ClN4O2/c1-4-18(22(29)24-17-10-7-9-16(23)14(17)3)27-19-11-6-5-8-15(19)21-25-20(28)12-13(2)26(21)27/h5-12,18H,4H2,1-3H3,(H,24,29)/t18-/m0/s1. The van der Waals surface area contributed by atoms with Crippen molar-refractivity contribution in [3.8, 4) is 0 Å². The Labute approximate surface area is 172 Å². The van der Waals surface area contributed by atoms with Crippen LogP contribution in [0.25, 0.3) is 16.6 Å². The van der Waals surface area contributed by atoms with E-state index in [1.807, 2.05) is 66.4 Å². The molecule has 29 heavy (non-hydrogen) atoms. The number of aromatic nitrogens is 3. The van der Waals surface area contributed by atoms with Crippen LogP contribution in [0, 0.1) is 13.8 Å². The molecular weight excluding hydrogens is 388 g/mol. The van der Waals surface area contributed by atoms with E-state index < -0.39 is 6.04 Å². The molecule has 4 aromatic rings. The van der Waals surface area contributed by atoms with Gasteiger partial charge >= 0.3 is 0 Å². The summed E-state index contributed by atoms with van der Waals surface area (Å²) in [6.07, 6.45) is 0.560. The molecule has 6 nitrogen and oxygen atoms in total. The molecule has 2 heterocycles. The lowest BCUT2D eigenvalue weighted by molar-refractivity contribution is -0.119. The molecule has 0 aliphatic rings. The molecular formula is C22H21ClN4O2. The van der Waals surface area contributed by atoms with Gasteiger partial charge in [-0.15, -0.1) is 0 Å². The molecule has 0 aliphatic carbocycles. The fourth-order valence-corrected chi connectivity index (χ4v) is 3.92. The van der Waals surface area contributed by atoms with E-state index in [-0.39, 0.29) is 11.5 Å². The summed E-state index contributed by atoms with van der Waals surface area (Å²) in [5, 5.41) is 4.44. The largest absolute Gasteiger partial charge is 0.324 e. The summed E-state index contributed by atoms with van der Waals surface area (Å²) in [6.45, 7) is 5.68. The second kappa shape index (κ2) is 7.37. The number of nitrogens with one attached hydrogen (secondary N) is 1. The predicted molar refractivity (Wildman–Crippen MR) is 116 cm³/mol. The van der Waals surface area contributed by atoms with E-state index in [0.717, 1.165) is 22.2 Å². The second-order valence-electron chi connectivity index (χ2n) is 7.06. The first-order chi connectivity index (χ1) is 13.9. The third-order valence-corrected chi connectivity index (χ3v) is 5.61. The first-order valence-electron chi connectivity index (χ1n) is 9.48. The average molecular weight is 409 g/mol. The van der Waals surface area contributed by atoms with E-state index in [1.54, 1.807) is 6.07 Å². The summed E-state index contributed by atoms with van der Waals surface area (Å²) in [6, 6.07) is 14.1. The van der Waals surface area contributed by atoms with Gasteiger partial charge < -0.3 is 5.32 Å². The van der Waals surface area contributed by atoms with Gasteiger partial charge in [-0.25, -0.2) is 4.52 Å². The third-order valence-electron chi connectivity index (χ3n) is 5.20. The maximum Gasteiger partial charge on any atom is 0.273 e. The Hall–Kier alpha value is -3.12. The number of aryl methyl sites for hydroxylation is 1. The minimum atomic E-state index is -0.501. The maximum absolute atomic E-state index is 13.3. The monoisotopic (exact) mass is 408 g/mol. The molecule has 0 saturated carbocycles. The number of carbonyl (C=O) groups excluding carboxylic acids is 1. The number of halogens is 1. The number of rotatable bonds is 4. The highest BCUT2D eigenvalue weighted by Gasteiger charge is 2.25. The Morgan fingerprint density at radius 2 is 1.93 bits per heavy atom. The zero-order chi connectivity index (χ0) is 20.7. The molecule has 0 fully saturated rings. The molecule has 2 aromatic carbocycles. The van der Waals surface area contributed by atoms with Gasteiger partial charge in [0.25, 0.3) is 5.56 Å². The van der Waals surface area contributed by atoms with Crippen LogP contribution in [-0.2, 0) is 4.79 Å². The number of hydrogen-bond acceptors (Lipinski definition) is 3. The van der Waals surface area contributed by atoms with Crippen LogP contribution < -0.4 is 10.9 Å². The van der Waals surface area contributed by atoms with E-state index in [1.165, 1.54) is 6.07 Å². The molecule has 1 N–H and O–H groups in total. The number of carbonyl (C=O) groups is 1. The lowest BCUT2D eigenvalue weighted by Crippen LogP contribution is -2.29. The second-order valence-corrected chi connectivity index (χ2v) is 7.47. The van der Waals surface area contributed by atoms with Gasteiger partial charge in [0, 0.05) is 27.9 Å². The normalized spacial score (nSPS) is 12.4. The van der Waals surface area contributed by atoms with Gasteiger partial charge in [0.1, 0.15) is 6.04 Å². The topological polar surface area (TPSA) is 68.4 Å². The summed E-state index contributed by atoms with van der Waals surface area (Å²) in [5.41, 5.74) is 3.33. The van der Waals surface area contributed by atoms with Crippen molar-refractivity contribution >= 4 is 39.7 Å². The Kier molecular flexibility index (Phi) is 4.88. The fraction of sp³-hybridized carbons (Fsp3) is 0.227. The molecule has 1 atom stereocenters. The smallest absolute Gasteiger partial charge is 0.273 e. The minimum Gasteiger partial charge on any atom is -0.324 e. The number of nitrogens with zero attached hydrogens (tertiary/aromatic N) is 3. The molecule has 2 aromatic heterocycles. The highest BCUT2D eigenvalue weighted by molar-refractivity contribution is 6.31. The Morgan fingerprint density at radius 3 is 2.69 bits per heavy atom. The van der Waals surface area contributed by atoms with E-state index in [2.05, 4.69) is 10.3 Å². The van der Waals surface area contributed by atoms with Gasteiger partial charge in [-0.2, -0.15) is 4.98 Å². The van der Waals surface area contributed by atoms with Crippen LogP contribution in [-0.4, -0.2) is 20.1 Å². The predicted octanol–water partition coefficient (Wildman–Crippen LogP) is 4.51. The van der Waals surface area contributed by atoms with Gasteiger partial charge in [-0.3, -0.25) is 14.3 Å². The van der Waals surface area contributed by atoms with Crippen molar-refractivity contribution in [2.45, 2.75) is 33.2 Å². The molecule has 0 radical (unpaired) electrons. The average Bonchev–Trinajstić information content (AvgIpc) is 3.01. The summed E-state index contributed by atoms with van der Waals surface area (Å²) < 4.78 is 3.77. The number of fused-ring (bicyclic) bond motifs is 3. The van der Waals surface area contributed by atoms with Crippen molar-refractivity contribution < 1.29 is 4.79 Å². The molecule has 148 valence electrons. The van der Waals surface area contributed by atoms with Crippen LogP contribution in [0.1, 0.15) is 30.6 Å².